The summed E-state index contributed by atoms with van der Waals surface area (Å²) in [7, 11) is 0. The number of rotatable bonds is 1. The van der Waals surface area contributed by atoms with Crippen LogP contribution in [0.3, 0.4) is 0 Å². The molecule has 1 heterocycles. The second kappa shape index (κ2) is 4.40. The van der Waals surface area contributed by atoms with E-state index in [1.807, 2.05) is 11.3 Å². The van der Waals surface area contributed by atoms with Gasteiger partial charge < -0.3 is 5.73 Å². The van der Waals surface area contributed by atoms with Crippen LogP contribution in [0.15, 0.2) is 12.1 Å². The SMILES string of the molecule is Cc1ccc(C2(N)CCC(C(C)(C)C)CC2)s1. The molecule has 2 N–H and O–H groups in total. The summed E-state index contributed by atoms with van der Waals surface area (Å²) in [6.07, 6.45) is 4.84. The zero-order valence-electron chi connectivity index (χ0n) is 11.5. The molecular weight excluding hydrogens is 226 g/mol. The van der Waals surface area contributed by atoms with Crippen molar-refractivity contribution in [3.05, 3.63) is 21.9 Å². The normalized spacial score (nSPS) is 30.5. The Balaban J connectivity index is 2.07. The van der Waals surface area contributed by atoms with Gasteiger partial charge in [0.1, 0.15) is 0 Å². The highest BCUT2D eigenvalue weighted by atomic mass is 32.1. The van der Waals surface area contributed by atoms with E-state index in [0.29, 0.717) is 5.41 Å². The summed E-state index contributed by atoms with van der Waals surface area (Å²) in [6, 6.07) is 4.43. The Hall–Kier alpha value is -0.340. The van der Waals surface area contributed by atoms with E-state index in [-0.39, 0.29) is 5.54 Å². The third-order valence-corrected chi connectivity index (χ3v) is 5.55. The molecule has 2 heteroatoms. The molecule has 17 heavy (non-hydrogen) atoms. The van der Waals surface area contributed by atoms with Gasteiger partial charge in [0.05, 0.1) is 5.54 Å². The van der Waals surface area contributed by atoms with E-state index < -0.39 is 0 Å². The lowest BCUT2D eigenvalue weighted by molar-refractivity contribution is 0.135. The first-order chi connectivity index (χ1) is 7.81. The van der Waals surface area contributed by atoms with Crippen LogP contribution in [0, 0.1) is 18.3 Å². The molecule has 0 bridgehead atoms. The smallest absolute Gasteiger partial charge is 0.0504 e. The van der Waals surface area contributed by atoms with E-state index in [2.05, 4.69) is 39.8 Å². The maximum Gasteiger partial charge on any atom is 0.0504 e. The Morgan fingerprint density at radius 2 is 1.82 bits per heavy atom. The third-order valence-electron chi connectivity index (χ3n) is 4.33. The predicted molar refractivity (Wildman–Crippen MR) is 76.3 cm³/mol. The fourth-order valence-electron chi connectivity index (χ4n) is 2.95. The molecule has 1 aromatic heterocycles. The van der Waals surface area contributed by atoms with Gasteiger partial charge in [-0.1, -0.05) is 20.8 Å². The van der Waals surface area contributed by atoms with Crippen LogP contribution in [0.4, 0.5) is 0 Å². The van der Waals surface area contributed by atoms with Gasteiger partial charge in [-0.2, -0.15) is 0 Å². The van der Waals surface area contributed by atoms with Crippen molar-refractivity contribution in [3.8, 4) is 0 Å². The molecule has 0 amide bonds. The summed E-state index contributed by atoms with van der Waals surface area (Å²) < 4.78 is 0. The van der Waals surface area contributed by atoms with E-state index in [9.17, 15) is 0 Å². The summed E-state index contributed by atoms with van der Waals surface area (Å²) in [5, 5.41) is 0. The number of hydrogen-bond donors (Lipinski definition) is 1. The summed E-state index contributed by atoms with van der Waals surface area (Å²) in [4.78, 5) is 2.77. The van der Waals surface area contributed by atoms with Crippen molar-refractivity contribution in [2.24, 2.45) is 17.1 Å². The largest absolute Gasteiger partial charge is 0.321 e. The topological polar surface area (TPSA) is 26.0 Å². The van der Waals surface area contributed by atoms with Gasteiger partial charge in [0.25, 0.3) is 0 Å². The molecule has 96 valence electrons. The second-order valence-electron chi connectivity index (χ2n) is 6.71. The van der Waals surface area contributed by atoms with Crippen molar-refractivity contribution in [3.63, 3.8) is 0 Å². The van der Waals surface area contributed by atoms with Gasteiger partial charge in [0.15, 0.2) is 0 Å². The highest BCUT2D eigenvalue weighted by molar-refractivity contribution is 7.12. The maximum absolute atomic E-state index is 6.61. The van der Waals surface area contributed by atoms with Gasteiger partial charge in [-0.25, -0.2) is 0 Å². The first-order valence-corrected chi connectivity index (χ1v) is 7.49. The van der Waals surface area contributed by atoms with E-state index in [0.717, 1.165) is 18.8 Å². The third kappa shape index (κ3) is 2.74. The molecule has 1 aromatic rings. The molecule has 1 aliphatic carbocycles. The fraction of sp³-hybridized carbons (Fsp3) is 0.733. The standard InChI is InChI=1S/C15H25NS/c1-11-5-6-13(17-11)15(16)9-7-12(8-10-15)14(2,3)4/h5-6,12H,7-10,16H2,1-4H3. The average molecular weight is 251 g/mol. The van der Waals surface area contributed by atoms with Gasteiger partial charge in [-0.3, -0.25) is 0 Å². The molecule has 2 rings (SSSR count). The number of thiophene rings is 1. The lowest BCUT2D eigenvalue weighted by Gasteiger charge is -2.41. The quantitative estimate of drug-likeness (QED) is 0.784. The minimum absolute atomic E-state index is 0.0410. The summed E-state index contributed by atoms with van der Waals surface area (Å²) in [6.45, 7) is 9.24. The molecule has 1 fully saturated rings. The van der Waals surface area contributed by atoms with Crippen LogP contribution in [0.25, 0.3) is 0 Å². The van der Waals surface area contributed by atoms with Crippen molar-refractivity contribution >= 4 is 11.3 Å². The second-order valence-corrected chi connectivity index (χ2v) is 7.99. The van der Waals surface area contributed by atoms with Gasteiger partial charge in [0.2, 0.25) is 0 Å². The Kier molecular flexibility index (Phi) is 3.39. The minimum Gasteiger partial charge on any atom is -0.321 e. The van der Waals surface area contributed by atoms with Crippen LogP contribution in [0.5, 0.6) is 0 Å². The van der Waals surface area contributed by atoms with Gasteiger partial charge in [0, 0.05) is 9.75 Å². The van der Waals surface area contributed by atoms with E-state index >= 15 is 0 Å². The molecule has 1 aliphatic rings. The zero-order valence-corrected chi connectivity index (χ0v) is 12.4. The fourth-order valence-corrected chi connectivity index (χ4v) is 3.97. The Morgan fingerprint density at radius 1 is 1.24 bits per heavy atom. The number of nitrogens with two attached hydrogens (primary N) is 1. The van der Waals surface area contributed by atoms with Crippen molar-refractivity contribution in [2.75, 3.05) is 0 Å². The number of aryl methyl sites for hydroxylation is 1. The zero-order chi connectivity index (χ0) is 12.7. The first-order valence-electron chi connectivity index (χ1n) is 6.67. The van der Waals surface area contributed by atoms with Crippen molar-refractivity contribution in [1.29, 1.82) is 0 Å². The van der Waals surface area contributed by atoms with E-state index in [1.54, 1.807) is 0 Å². The van der Waals surface area contributed by atoms with Crippen LogP contribution in [-0.4, -0.2) is 0 Å². The van der Waals surface area contributed by atoms with Gasteiger partial charge in [-0.05, 0) is 56.1 Å². The molecule has 0 aliphatic heterocycles. The van der Waals surface area contributed by atoms with Crippen LogP contribution in [0.1, 0.15) is 56.2 Å². The van der Waals surface area contributed by atoms with Gasteiger partial charge >= 0.3 is 0 Å². The highest BCUT2D eigenvalue weighted by Crippen LogP contribution is 2.45. The van der Waals surface area contributed by atoms with Crippen LogP contribution >= 0.6 is 11.3 Å². The average Bonchev–Trinajstić information content (AvgIpc) is 2.65. The molecule has 0 unspecified atom stereocenters. The molecule has 0 saturated heterocycles. The van der Waals surface area contributed by atoms with Gasteiger partial charge in [-0.15, -0.1) is 11.3 Å². The molecule has 0 radical (unpaired) electrons. The van der Waals surface area contributed by atoms with Crippen LogP contribution < -0.4 is 5.73 Å². The van der Waals surface area contributed by atoms with Crippen molar-refractivity contribution in [1.82, 2.24) is 0 Å². The summed E-state index contributed by atoms with van der Waals surface area (Å²) in [5.41, 5.74) is 7.01. The maximum atomic E-state index is 6.61. The monoisotopic (exact) mass is 251 g/mol. The summed E-state index contributed by atoms with van der Waals surface area (Å²) >= 11 is 1.88. The molecule has 1 saturated carbocycles. The first kappa shape index (κ1) is 13.1. The summed E-state index contributed by atoms with van der Waals surface area (Å²) in [5.74, 6) is 0.834. The number of hydrogen-bond acceptors (Lipinski definition) is 2. The Morgan fingerprint density at radius 3 is 2.24 bits per heavy atom. The van der Waals surface area contributed by atoms with E-state index in [1.165, 1.54) is 22.6 Å². The molecular formula is C15H25NS. The predicted octanol–water partition coefficient (Wildman–Crippen LogP) is 4.45. The highest BCUT2D eigenvalue weighted by Gasteiger charge is 2.37. The molecule has 0 atom stereocenters. The molecule has 0 spiro atoms. The van der Waals surface area contributed by atoms with Crippen molar-refractivity contribution in [2.45, 2.75) is 58.9 Å². The Labute approximate surface area is 109 Å². The molecule has 1 nitrogen and oxygen atoms in total. The van der Waals surface area contributed by atoms with Crippen LogP contribution in [0.2, 0.25) is 0 Å². The van der Waals surface area contributed by atoms with Crippen molar-refractivity contribution < 1.29 is 0 Å². The lowest BCUT2D eigenvalue weighted by atomic mass is 9.67. The Bertz CT molecular complexity index is 378. The lowest BCUT2D eigenvalue weighted by Crippen LogP contribution is -2.41. The molecule has 0 aromatic carbocycles. The van der Waals surface area contributed by atoms with Crippen LogP contribution in [-0.2, 0) is 5.54 Å². The minimum atomic E-state index is -0.0410. The van der Waals surface area contributed by atoms with E-state index in [4.69, 9.17) is 5.73 Å².